The van der Waals surface area contributed by atoms with Gasteiger partial charge in [-0.25, -0.2) is 8.42 Å². The number of anilines is 1. The predicted molar refractivity (Wildman–Crippen MR) is 119 cm³/mol. The SMILES string of the molecule is Cc1ccc(OCC(C)NC(=O)CN(c2cccc(OC(C)C)c2)S(C)(=O)=O)cc1. The average Bonchev–Trinajstić information content (AvgIpc) is 2.64. The summed E-state index contributed by atoms with van der Waals surface area (Å²) in [6.07, 6.45) is 1.02. The third-order valence-corrected chi connectivity index (χ3v) is 5.23. The van der Waals surface area contributed by atoms with Gasteiger partial charge in [-0.3, -0.25) is 9.10 Å². The lowest BCUT2D eigenvalue weighted by molar-refractivity contribution is -0.120. The van der Waals surface area contributed by atoms with Crippen LogP contribution >= 0.6 is 0 Å². The minimum atomic E-state index is -3.67. The molecule has 164 valence electrons. The summed E-state index contributed by atoms with van der Waals surface area (Å²) in [4.78, 5) is 12.5. The predicted octanol–water partition coefficient (Wildman–Crippen LogP) is 3.13. The van der Waals surface area contributed by atoms with E-state index in [4.69, 9.17) is 9.47 Å². The summed E-state index contributed by atoms with van der Waals surface area (Å²) in [5, 5.41) is 2.78. The zero-order chi connectivity index (χ0) is 22.3. The number of rotatable bonds is 10. The molecule has 30 heavy (non-hydrogen) atoms. The lowest BCUT2D eigenvalue weighted by atomic mass is 10.2. The van der Waals surface area contributed by atoms with E-state index in [1.54, 1.807) is 31.2 Å². The van der Waals surface area contributed by atoms with E-state index in [0.717, 1.165) is 16.1 Å². The molecule has 0 saturated carbocycles. The standard InChI is InChI=1S/C22H30N2O5S/c1-16(2)29-21-8-6-7-19(13-21)24(30(5,26)27)14-22(25)23-18(4)15-28-20-11-9-17(3)10-12-20/h6-13,16,18H,14-15H2,1-5H3,(H,23,25). The maximum Gasteiger partial charge on any atom is 0.241 e. The van der Waals surface area contributed by atoms with E-state index < -0.39 is 15.9 Å². The van der Waals surface area contributed by atoms with Crippen LogP contribution in [0, 0.1) is 6.92 Å². The highest BCUT2D eigenvalue weighted by Crippen LogP contribution is 2.24. The number of carbonyl (C=O) groups excluding carboxylic acids is 1. The van der Waals surface area contributed by atoms with Crippen molar-refractivity contribution in [2.24, 2.45) is 0 Å². The lowest BCUT2D eigenvalue weighted by Gasteiger charge is -2.24. The Bertz CT molecular complexity index is 942. The molecule has 8 heteroatoms. The number of benzene rings is 2. The summed E-state index contributed by atoms with van der Waals surface area (Å²) in [6, 6.07) is 14.0. The quantitative estimate of drug-likeness (QED) is 0.621. The molecule has 0 aliphatic heterocycles. The summed E-state index contributed by atoms with van der Waals surface area (Å²) < 4.78 is 37.0. The minimum absolute atomic E-state index is 0.0513. The number of carbonyl (C=O) groups is 1. The summed E-state index contributed by atoms with van der Waals surface area (Å²) in [5.41, 5.74) is 1.50. The molecule has 0 spiro atoms. The molecule has 1 amide bonds. The van der Waals surface area contributed by atoms with Crippen LogP contribution in [0.25, 0.3) is 0 Å². The first kappa shape index (κ1) is 23.5. The van der Waals surface area contributed by atoms with E-state index in [-0.39, 0.29) is 25.3 Å². The van der Waals surface area contributed by atoms with Crippen LogP contribution in [0.15, 0.2) is 48.5 Å². The van der Waals surface area contributed by atoms with Crippen molar-refractivity contribution < 1.29 is 22.7 Å². The van der Waals surface area contributed by atoms with Gasteiger partial charge in [-0.2, -0.15) is 0 Å². The van der Waals surface area contributed by atoms with Crippen LogP contribution in [0.1, 0.15) is 26.3 Å². The maximum absolute atomic E-state index is 12.5. The highest BCUT2D eigenvalue weighted by Gasteiger charge is 2.22. The number of amides is 1. The molecule has 1 atom stereocenters. The molecule has 1 N–H and O–H groups in total. The number of hydrogen-bond donors (Lipinski definition) is 1. The topological polar surface area (TPSA) is 84.9 Å². The van der Waals surface area contributed by atoms with Crippen molar-refractivity contribution in [3.63, 3.8) is 0 Å². The summed E-state index contributed by atoms with van der Waals surface area (Å²) in [7, 11) is -3.67. The van der Waals surface area contributed by atoms with E-state index in [9.17, 15) is 13.2 Å². The Balaban J connectivity index is 2.00. The van der Waals surface area contributed by atoms with Crippen molar-refractivity contribution in [1.82, 2.24) is 5.32 Å². The molecular formula is C22H30N2O5S. The second kappa shape index (κ2) is 10.3. The van der Waals surface area contributed by atoms with Gasteiger partial charge >= 0.3 is 0 Å². The molecule has 1 unspecified atom stereocenters. The van der Waals surface area contributed by atoms with Gasteiger partial charge in [-0.15, -0.1) is 0 Å². The molecule has 0 aromatic heterocycles. The molecular weight excluding hydrogens is 404 g/mol. The molecule has 2 rings (SSSR count). The molecule has 7 nitrogen and oxygen atoms in total. The van der Waals surface area contributed by atoms with Crippen LogP contribution in [0.3, 0.4) is 0 Å². The molecule has 0 aliphatic carbocycles. The zero-order valence-electron chi connectivity index (χ0n) is 18.1. The fourth-order valence-corrected chi connectivity index (χ4v) is 3.58. The summed E-state index contributed by atoms with van der Waals surface area (Å²) >= 11 is 0. The van der Waals surface area contributed by atoms with Gasteiger partial charge in [-0.1, -0.05) is 23.8 Å². The normalized spacial score (nSPS) is 12.3. The Hall–Kier alpha value is -2.74. The van der Waals surface area contributed by atoms with E-state index >= 15 is 0 Å². The van der Waals surface area contributed by atoms with Gasteiger partial charge in [0.1, 0.15) is 24.7 Å². The lowest BCUT2D eigenvalue weighted by Crippen LogP contribution is -2.44. The number of sulfonamides is 1. The Labute approximate surface area is 179 Å². The third-order valence-electron chi connectivity index (χ3n) is 4.09. The number of nitrogens with zero attached hydrogens (tertiary/aromatic N) is 1. The van der Waals surface area contributed by atoms with Gasteiger partial charge in [-0.05, 0) is 52.0 Å². The summed E-state index contributed by atoms with van der Waals surface area (Å²) in [5.74, 6) is 0.827. The largest absolute Gasteiger partial charge is 0.491 e. The second-order valence-corrected chi connectivity index (χ2v) is 9.43. The highest BCUT2D eigenvalue weighted by molar-refractivity contribution is 7.92. The average molecular weight is 435 g/mol. The second-order valence-electron chi connectivity index (χ2n) is 7.53. The number of nitrogens with one attached hydrogen (secondary N) is 1. The molecule has 0 aliphatic rings. The van der Waals surface area contributed by atoms with Crippen LogP contribution in [-0.4, -0.2) is 45.9 Å². The van der Waals surface area contributed by atoms with Gasteiger partial charge in [0, 0.05) is 6.07 Å². The fourth-order valence-electron chi connectivity index (χ4n) is 2.73. The molecule has 0 fully saturated rings. The Morgan fingerprint density at radius 1 is 1.07 bits per heavy atom. The van der Waals surface area contributed by atoms with Gasteiger partial charge in [0.25, 0.3) is 0 Å². The van der Waals surface area contributed by atoms with E-state index in [1.165, 1.54) is 0 Å². The Kier molecular flexibility index (Phi) is 8.11. The van der Waals surface area contributed by atoms with E-state index in [2.05, 4.69) is 5.32 Å². The summed E-state index contributed by atoms with van der Waals surface area (Å²) in [6.45, 7) is 7.49. The Morgan fingerprint density at radius 2 is 1.73 bits per heavy atom. The highest BCUT2D eigenvalue weighted by atomic mass is 32.2. The smallest absolute Gasteiger partial charge is 0.241 e. The van der Waals surface area contributed by atoms with Crippen LogP contribution in [0.2, 0.25) is 0 Å². The van der Waals surface area contributed by atoms with Gasteiger partial charge in [0.05, 0.1) is 24.1 Å². The molecule has 0 radical (unpaired) electrons. The Morgan fingerprint density at radius 3 is 2.33 bits per heavy atom. The number of aryl methyl sites for hydroxylation is 1. The first-order valence-corrected chi connectivity index (χ1v) is 11.6. The molecule has 0 bridgehead atoms. The third kappa shape index (κ3) is 7.59. The zero-order valence-corrected chi connectivity index (χ0v) is 18.9. The van der Waals surface area contributed by atoms with E-state index in [1.807, 2.05) is 45.0 Å². The number of ether oxygens (including phenoxy) is 2. The minimum Gasteiger partial charge on any atom is -0.491 e. The maximum atomic E-state index is 12.5. The van der Waals surface area contributed by atoms with Crippen LogP contribution < -0.4 is 19.1 Å². The molecule has 0 heterocycles. The number of hydrogen-bond acceptors (Lipinski definition) is 5. The van der Waals surface area contributed by atoms with Crippen LogP contribution in [0.5, 0.6) is 11.5 Å². The van der Waals surface area contributed by atoms with Crippen LogP contribution in [0.4, 0.5) is 5.69 Å². The van der Waals surface area contributed by atoms with Crippen LogP contribution in [-0.2, 0) is 14.8 Å². The van der Waals surface area contributed by atoms with Gasteiger partial charge in [0.15, 0.2) is 0 Å². The first-order valence-electron chi connectivity index (χ1n) is 9.78. The van der Waals surface area contributed by atoms with Crippen molar-refractivity contribution in [2.45, 2.75) is 39.8 Å². The van der Waals surface area contributed by atoms with Gasteiger partial charge < -0.3 is 14.8 Å². The van der Waals surface area contributed by atoms with Crippen molar-refractivity contribution in [3.05, 3.63) is 54.1 Å². The monoisotopic (exact) mass is 434 g/mol. The van der Waals surface area contributed by atoms with Crippen molar-refractivity contribution in [1.29, 1.82) is 0 Å². The molecule has 2 aromatic carbocycles. The fraction of sp³-hybridized carbons (Fsp3) is 0.409. The van der Waals surface area contributed by atoms with Crippen molar-refractivity contribution in [3.8, 4) is 11.5 Å². The first-order chi connectivity index (χ1) is 14.0. The molecule has 0 saturated heterocycles. The van der Waals surface area contributed by atoms with E-state index in [0.29, 0.717) is 17.2 Å². The van der Waals surface area contributed by atoms with Crippen molar-refractivity contribution in [2.75, 3.05) is 23.7 Å². The molecule has 2 aromatic rings. The van der Waals surface area contributed by atoms with Crippen molar-refractivity contribution >= 4 is 21.6 Å². The van der Waals surface area contributed by atoms with Gasteiger partial charge in [0.2, 0.25) is 15.9 Å².